The zero-order valence-electron chi connectivity index (χ0n) is 36.3. The van der Waals surface area contributed by atoms with Gasteiger partial charge in [0.25, 0.3) is 0 Å². The number of hydrogen-bond donors (Lipinski definition) is 4. The summed E-state index contributed by atoms with van der Waals surface area (Å²) in [5.41, 5.74) is 24.5. The number of imidazole rings is 1. The van der Waals surface area contributed by atoms with E-state index in [1.54, 1.807) is 38.3 Å². The Kier molecular flexibility index (Phi) is 26.1. The summed E-state index contributed by atoms with van der Waals surface area (Å²) in [5.74, 6) is 1.38. The van der Waals surface area contributed by atoms with Gasteiger partial charge in [0, 0.05) is 77.7 Å². The molecule has 1 saturated heterocycles. The number of pyridine rings is 1. The van der Waals surface area contributed by atoms with Gasteiger partial charge in [-0.1, -0.05) is 32.9 Å². The summed E-state index contributed by atoms with van der Waals surface area (Å²) in [6, 6.07) is 17.2. The molecule has 14 nitrogen and oxygen atoms in total. The molecule has 1 aliphatic heterocycles. The standard InChI is InChI=1S/C30H31FN8O2.C9H21NO.C3H7IOS2.CH5N/c31-24-14-20(16-32)4-5-23(24)18-41-29-3-1-2-25(37-29)21-8-11-38(12-9-21)17-28-36-26-7-6-22(30(34)40)15-27(26)39(28)13-10-35-19-33;1-8(2)5-6-11-9(3,4)7-10;1-2-3-5-7-6-4;1-2/h1-7,14-15,19,21H,8-13,17-18H2,(H2,33,35)(H2,34,40);8H,5-7,10H2,1-4H3;2-3H2,1H3;2H2,1H3. The molecule has 2 aromatic carbocycles. The van der Waals surface area contributed by atoms with E-state index < -0.39 is 11.7 Å². The molecule has 0 spiro atoms. The number of carbonyl (C=O) groups is 1. The van der Waals surface area contributed by atoms with Crippen molar-refractivity contribution in [2.75, 3.05) is 46.4 Å². The lowest BCUT2D eigenvalue weighted by atomic mass is 9.93. The molecule has 3 heterocycles. The van der Waals surface area contributed by atoms with Crippen molar-refractivity contribution in [2.45, 2.75) is 91.5 Å². The molecular formula is C43H64FIN10O4S2. The zero-order valence-corrected chi connectivity index (χ0v) is 40.1. The van der Waals surface area contributed by atoms with Crippen molar-refractivity contribution in [3.05, 3.63) is 88.6 Å². The van der Waals surface area contributed by atoms with Crippen LogP contribution < -0.4 is 27.7 Å². The Bertz CT molecular complexity index is 1950. The normalized spacial score (nSPS) is 13.1. The number of aromatic nitrogens is 3. The molecular weight excluding hydrogens is 931 g/mol. The van der Waals surface area contributed by atoms with Crippen molar-refractivity contribution in [3.63, 3.8) is 0 Å². The van der Waals surface area contributed by atoms with Crippen LogP contribution in [0.25, 0.3) is 11.0 Å². The molecule has 61 heavy (non-hydrogen) atoms. The van der Waals surface area contributed by atoms with Crippen molar-refractivity contribution in [1.29, 1.82) is 5.26 Å². The van der Waals surface area contributed by atoms with Crippen molar-refractivity contribution >= 4 is 63.5 Å². The molecule has 8 N–H and O–H groups in total. The first kappa shape index (κ1) is 53.6. The van der Waals surface area contributed by atoms with Gasteiger partial charge in [0.1, 0.15) is 18.2 Å². The van der Waals surface area contributed by atoms with Crippen molar-refractivity contribution in [3.8, 4) is 11.9 Å². The van der Waals surface area contributed by atoms with E-state index in [0.717, 1.165) is 74.5 Å². The van der Waals surface area contributed by atoms with Gasteiger partial charge in [-0.3, -0.25) is 14.7 Å². The Balaban J connectivity index is 0.000000533. The van der Waals surface area contributed by atoms with Crippen molar-refractivity contribution in [1.82, 2.24) is 19.4 Å². The number of rotatable bonds is 19. The van der Waals surface area contributed by atoms with Gasteiger partial charge in [0.15, 0.2) is 0 Å². The largest absolute Gasteiger partial charge is 0.473 e. The number of amides is 1. The SMILES string of the molecule is CC(C)CCOC(C)(C)CN.CCCOSSI.CN.N#Cc1ccc(COc2cccc(C3CCN(Cc4nc5ccc(C(N)=O)cc5n4CCN=CN)CC3)n2)c(F)c1. The minimum absolute atomic E-state index is 0.0327. The number of carbonyl (C=O) groups excluding carboxylic acids is 1. The maximum Gasteiger partial charge on any atom is 0.248 e. The third-order valence-electron chi connectivity index (χ3n) is 9.38. The molecule has 1 amide bonds. The second-order valence-electron chi connectivity index (χ2n) is 14.9. The van der Waals surface area contributed by atoms with E-state index in [2.05, 4.69) is 62.2 Å². The Morgan fingerprint density at radius 2 is 1.87 bits per heavy atom. The molecule has 0 atom stereocenters. The summed E-state index contributed by atoms with van der Waals surface area (Å²) in [7, 11) is 3.11. The molecule has 0 unspecified atom stereocenters. The Morgan fingerprint density at radius 1 is 1.13 bits per heavy atom. The maximum absolute atomic E-state index is 14.2. The number of likely N-dealkylation sites (tertiary alicyclic amines) is 1. The minimum atomic E-state index is -0.479. The van der Waals surface area contributed by atoms with Crippen LogP contribution in [0.1, 0.15) is 99.2 Å². The highest BCUT2D eigenvalue weighted by Gasteiger charge is 2.24. The maximum atomic E-state index is 14.2. The minimum Gasteiger partial charge on any atom is -0.473 e. The van der Waals surface area contributed by atoms with Crippen LogP contribution >= 0.6 is 40.2 Å². The summed E-state index contributed by atoms with van der Waals surface area (Å²) in [5, 5.41) is 8.93. The predicted molar refractivity (Wildman–Crippen MR) is 257 cm³/mol. The van der Waals surface area contributed by atoms with Gasteiger partial charge in [0.2, 0.25) is 11.8 Å². The van der Waals surface area contributed by atoms with Gasteiger partial charge in [-0.2, -0.15) is 5.26 Å². The van der Waals surface area contributed by atoms with E-state index >= 15 is 0 Å². The molecule has 4 aromatic rings. The molecule has 0 saturated carbocycles. The van der Waals surface area contributed by atoms with Crippen LogP contribution in [0.2, 0.25) is 0 Å². The highest BCUT2D eigenvalue weighted by molar-refractivity contribution is 14.2. The number of primary amides is 1. The number of nitrogens with zero attached hydrogens (tertiary/aromatic N) is 6. The summed E-state index contributed by atoms with van der Waals surface area (Å²) in [6.07, 6.45) is 5.35. The van der Waals surface area contributed by atoms with E-state index in [1.165, 1.54) is 30.5 Å². The predicted octanol–water partition coefficient (Wildman–Crippen LogP) is 7.91. The van der Waals surface area contributed by atoms with E-state index in [9.17, 15) is 9.18 Å². The molecule has 1 fully saturated rings. The number of benzene rings is 2. The topological polar surface area (TPSA) is 219 Å². The van der Waals surface area contributed by atoms with E-state index in [4.69, 9.17) is 46.1 Å². The summed E-state index contributed by atoms with van der Waals surface area (Å²) >= 11 is 3.62. The molecule has 5 rings (SSSR count). The average molecular weight is 995 g/mol. The van der Waals surface area contributed by atoms with Crippen LogP contribution in [-0.4, -0.2) is 83.7 Å². The first-order valence-electron chi connectivity index (χ1n) is 20.3. The van der Waals surface area contributed by atoms with Gasteiger partial charge < -0.3 is 41.2 Å². The van der Waals surface area contributed by atoms with Crippen LogP contribution in [-0.2, 0) is 28.6 Å². The van der Waals surface area contributed by atoms with Crippen LogP contribution in [0.4, 0.5) is 4.39 Å². The lowest BCUT2D eigenvalue weighted by Crippen LogP contribution is -2.34. The molecule has 0 bridgehead atoms. The third kappa shape index (κ3) is 19.6. The van der Waals surface area contributed by atoms with Gasteiger partial charge in [-0.15, -0.1) is 0 Å². The second kappa shape index (κ2) is 29.7. The number of fused-ring (bicyclic) bond motifs is 1. The van der Waals surface area contributed by atoms with Crippen molar-refractivity contribution < 1.29 is 22.8 Å². The van der Waals surface area contributed by atoms with E-state index in [-0.39, 0.29) is 23.7 Å². The molecule has 0 aliphatic carbocycles. The van der Waals surface area contributed by atoms with Crippen molar-refractivity contribution in [2.24, 2.45) is 33.8 Å². The Labute approximate surface area is 381 Å². The number of nitriles is 1. The monoisotopic (exact) mass is 994 g/mol. The Morgan fingerprint density at radius 3 is 2.48 bits per heavy atom. The molecule has 1 aliphatic rings. The fourth-order valence-corrected chi connectivity index (χ4v) is 7.42. The molecule has 2 aromatic heterocycles. The number of nitrogens with two attached hydrogens (primary N) is 4. The highest BCUT2D eigenvalue weighted by atomic mass is 127. The number of halogens is 2. The summed E-state index contributed by atoms with van der Waals surface area (Å²) in [4.78, 5) is 27.8. The molecule has 336 valence electrons. The van der Waals surface area contributed by atoms with Gasteiger partial charge in [-0.25, -0.2) is 14.4 Å². The Hall–Kier alpha value is -3.55. The van der Waals surface area contributed by atoms with E-state index in [1.807, 2.05) is 38.1 Å². The fraction of sp³-hybridized carbons (Fsp3) is 0.512. The van der Waals surface area contributed by atoms with Gasteiger partial charge in [0.05, 0.1) is 65.4 Å². The van der Waals surface area contributed by atoms with Crippen LogP contribution in [0.5, 0.6) is 5.88 Å². The zero-order chi connectivity index (χ0) is 45.2. The number of hydrogen-bond acceptors (Lipinski definition) is 13. The quantitative estimate of drug-likeness (QED) is 0.0176. The summed E-state index contributed by atoms with van der Waals surface area (Å²) < 4.78 is 32.7. The molecule has 0 radical (unpaired) electrons. The average Bonchev–Trinajstić information content (AvgIpc) is 3.60. The number of piperidine rings is 1. The first-order chi connectivity index (χ1) is 29.3. The van der Waals surface area contributed by atoms with Gasteiger partial charge in [-0.05, 0) is 102 Å². The lowest BCUT2D eigenvalue weighted by Gasteiger charge is -2.31. The highest BCUT2D eigenvalue weighted by Crippen LogP contribution is 2.30. The van der Waals surface area contributed by atoms with Crippen LogP contribution in [0.3, 0.4) is 0 Å². The number of aliphatic imine (C=N–C) groups is 1. The smallest absolute Gasteiger partial charge is 0.248 e. The summed E-state index contributed by atoms with van der Waals surface area (Å²) in [6.45, 7) is 16.3. The van der Waals surface area contributed by atoms with E-state index in [0.29, 0.717) is 49.1 Å². The van der Waals surface area contributed by atoms with Gasteiger partial charge >= 0.3 is 0 Å². The third-order valence-corrected chi connectivity index (χ3v) is 11.5. The molecule has 18 heteroatoms. The first-order valence-corrected chi connectivity index (χ1v) is 24.9. The lowest BCUT2D eigenvalue weighted by molar-refractivity contribution is -0.0150. The van der Waals surface area contributed by atoms with Crippen LogP contribution in [0.15, 0.2) is 59.6 Å². The van der Waals surface area contributed by atoms with Crippen LogP contribution in [0, 0.1) is 23.1 Å². The fourth-order valence-electron chi connectivity index (χ4n) is 5.90. The second-order valence-corrected chi connectivity index (χ2v) is 19.4. The number of ether oxygens (including phenoxy) is 2.